The maximum Gasteiger partial charge on any atom is 0.214 e. The van der Waals surface area contributed by atoms with E-state index in [1.165, 1.54) is 6.39 Å². The second-order valence-electron chi connectivity index (χ2n) is 4.10. The molecular formula is C10H16N2O4S. The molecule has 7 heteroatoms. The number of sulfonamides is 1. The molecule has 1 unspecified atom stereocenters. The van der Waals surface area contributed by atoms with Gasteiger partial charge in [0.1, 0.15) is 5.76 Å². The maximum atomic E-state index is 11.7. The highest BCUT2D eigenvalue weighted by atomic mass is 32.2. The molecule has 1 aliphatic rings. The zero-order valence-electron chi connectivity index (χ0n) is 9.68. The van der Waals surface area contributed by atoms with Crippen LogP contribution in [0, 0.1) is 6.92 Å². The number of aromatic nitrogens is 1. The molecule has 1 fully saturated rings. The van der Waals surface area contributed by atoms with Crippen LogP contribution in [0.4, 0.5) is 0 Å². The van der Waals surface area contributed by atoms with Gasteiger partial charge in [-0.3, -0.25) is 0 Å². The van der Waals surface area contributed by atoms with Crippen molar-refractivity contribution in [3.8, 4) is 0 Å². The second-order valence-corrected chi connectivity index (χ2v) is 5.95. The Kier molecular flexibility index (Phi) is 3.80. The Bertz CT molecular complexity index is 462. The summed E-state index contributed by atoms with van der Waals surface area (Å²) >= 11 is 0. The SMILES string of the molecule is Cc1ncoc1CNS(=O)(=O)CC1CCCO1. The fraction of sp³-hybridized carbons (Fsp3) is 0.700. The van der Waals surface area contributed by atoms with Crippen molar-refractivity contribution in [3.63, 3.8) is 0 Å². The van der Waals surface area contributed by atoms with E-state index in [1.54, 1.807) is 6.92 Å². The summed E-state index contributed by atoms with van der Waals surface area (Å²) in [4.78, 5) is 3.89. The summed E-state index contributed by atoms with van der Waals surface area (Å²) in [5.41, 5.74) is 0.699. The Hall–Kier alpha value is -0.920. The van der Waals surface area contributed by atoms with Crippen LogP contribution in [0.3, 0.4) is 0 Å². The number of ether oxygens (including phenoxy) is 1. The van der Waals surface area contributed by atoms with E-state index in [2.05, 4.69) is 9.71 Å². The van der Waals surface area contributed by atoms with Gasteiger partial charge in [0.15, 0.2) is 6.39 Å². The van der Waals surface area contributed by atoms with E-state index in [1.807, 2.05) is 0 Å². The van der Waals surface area contributed by atoms with Gasteiger partial charge in [-0.05, 0) is 19.8 Å². The third-order valence-corrected chi connectivity index (χ3v) is 4.12. The summed E-state index contributed by atoms with van der Waals surface area (Å²) in [5.74, 6) is 0.557. The first-order chi connectivity index (χ1) is 8.07. The van der Waals surface area contributed by atoms with E-state index in [9.17, 15) is 8.42 Å². The third kappa shape index (κ3) is 3.52. The van der Waals surface area contributed by atoms with E-state index in [0.29, 0.717) is 18.1 Å². The quantitative estimate of drug-likeness (QED) is 0.837. The lowest BCUT2D eigenvalue weighted by atomic mass is 10.3. The molecule has 0 bridgehead atoms. The van der Waals surface area contributed by atoms with Crippen LogP contribution in [0.1, 0.15) is 24.3 Å². The van der Waals surface area contributed by atoms with Crippen LogP contribution in [-0.4, -0.2) is 31.9 Å². The molecule has 1 N–H and O–H groups in total. The van der Waals surface area contributed by atoms with Crippen molar-refractivity contribution < 1.29 is 17.6 Å². The first-order valence-electron chi connectivity index (χ1n) is 5.55. The predicted molar refractivity (Wildman–Crippen MR) is 60.8 cm³/mol. The maximum absolute atomic E-state index is 11.7. The first-order valence-corrected chi connectivity index (χ1v) is 7.20. The van der Waals surface area contributed by atoms with E-state index in [-0.39, 0.29) is 18.4 Å². The Morgan fingerprint density at radius 3 is 3.00 bits per heavy atom. The largest absolute Gasteiger partial charge is 0.447 e. The predicted octanol–water partition coefficient (Wildman–Crippen LogP) is 0.581. The van der Waals surface area contributed by atoms with Gasteiger partial charge in [-0.15, -0.1) is 0 Å². The molecular weight excluding hydrogens is 244 g/mol. The van der Waals surface area contributed by atoms with Crippen LogP contribution in [0.15, 0.2) is 10.8 Å². The van der Waals surface area contributed by atoms with Gasteiger partial charge in [0.05, 0.1) is 24.1 Å². The monoisotopic (exact) mass is 260 g/mol. The van der Waals surface area contributed by atoms with Crippen molar-refractivity contribution >= 4 is 10.0 Å². The lowest BCUT2D eigenvalue weighted by Crippen LogP contribution is -2.31. The van der Waals surface area contributed by atoms with Crippen LogP contribution in [0.25, 0.3) is 0 Å². The number of rotatable bonds is 5. The molecule has 1 aromatic heterocycles. The molecule has 1 saturated heterocycles. The topological polar surface area (TPSA) is 81.4 Å². The first kappa shape index (κ1) is 12.5. The van der Waals surface area contributed by atoms with E-state index in [0.717, 1.165) is 12.8 Å². The van der Waals surface area contributed by atoms with Gasteiger partial charge < -0.3 is 9.15 Å². The Labute approximate surface area is 100 Å². The molecule has 2 heterocycles. The minimum Gasteiger partial charge on any atom is -0.447 e. The molecule has 1 aromatic rings. The van der Waals surface area contributed by atoms with Crippen molar-refractivity contribution in [1.29, 1.82) is 0 Å². The Morgan fingerprint density at radius 1 is 1.59 bits per heavy atom. The van der Waals surface area contributed by atoms with Crippen molar-refractivity contribution in [1.82, 2.24) is 9.71 Å². The molecule has 96 valence electrons. The lowest BCUT2D eigenvalue weighted by molar-refractivity contribution is 0.127. The number of nitrogens with zero attached hydrogens (tertiary/aromatic N) is 1. The minimum atomic E-state index is -3.32. The van der Waals surface area contributed by atoms with Crippen LogP contribution >= 0.6 is 0 Å². The number of aryl methyl sites for hydroxylation is 1. The second kappa shape index (κ2) is 5.16. The zero-order valence-corrected chi connectivity index (χ0v) is 10.5. The molecule has 2 rings (SSSR count). The summed E-state index contributed by atoms with van der Waals surface area (Å²) in [6.07, 6.45) is 2.87. The fourth-order valence-corrected chi connectivity index (χ4v) is 2.97. The van der Waals surface area contributed by atoms with Crippen molar-refractivity contribution in [2.45, 2.75) is 32.4 Å². The normalized spacial score (nSPS) is 20.9. The van der Waals surface area contributed by atoms with Gasteiger partial charge >= 0.3 is 0 Å². The fourth-order valence-electron chi connectivity index (χ4n) is 1.75. The van der Waals surface area contributed by atoms with Crippen LogP contribution in [-0.2, 0) is 21.3 Å². The highest BCUT2D eigenvalue weighted by molar-refractivity contribution is 7.89. The molecule has 1 atom stereocenters. The molecule has 0 saturated carbocycles. The minimum absolute atomic E-state index is 0.0141. The van der Waals surface area contributed by atoms with Crippen molar-refractivity contribution in [2.24, 2.45) is 0 Å². The summed E-state index contributed by atoms with van der Waals surface area (Å²) < 4.78 is 36.3. The Morgan fingerprint density at radius 2 is 2.41 bits per heavy atom. The molecule has 6 nitrogen and oxygen atoms in total. The van der Waals surface area contributed by atoms with E-state index < -0.39 is 10.0 Å². The van der Waals surface area contributed by atoms with Gasteiger partial charge in [0, 0.05) is 6.61 Å². The summed E-state index contributed by atoms with van der Waals surface area (Å²) in [5, 5.41) is 0. The van der Waals surface area contributed by atoms with Crippen LogP contribution in [0.5, 0.6) is 0 Å². The molecule has 0 aliphatic carbocycles. The molecule has 17 heavy (non-hydrogen) atoms. The van der Waals surface area contributed by atoms with Crippen molar-refractivity contribution in [3.05, 3.63) is 17.8 Å². The Balaban J connectivity index is 1.87. The smallest absolute Gasteiger partial charge is 0.214 e. The molecule has 1 aliphatic heterocycles. The molecule has 0 amide bonds. The number of nitrogens with one attached hydrogen (secondary N) is 1. The van der Waals surface area contributed by atoms with Crippen LogP contribution in [0.2, 0.25) is 0 Å². The average Bonchev–Trinajstić information content (AvgIpc) is 2.87. The zero-order chi connectivity index (χ0) is 12.3. The van der Waals surface area contributed by atoms with Gasteiger partial charge in [0.2, 0.25) is 10.0 Å². The van der Waals surface area contributed by atoms with Gasteiger partial charge in [-0.1, -0.05) is 0 Å². The number of oxazole rings is 1. The van der Waals surface area contributed by atoms with E-state index >= 15 is 0 Å². The van der Waals surface area contributed by atoms with Gasteiger partial charge in [0.25, 0.3) is 0 Å². The standard InChI is InChI=1S/C10H16N2O4S/c1-8-10(16-7-11-8)5-12-17(13,14)6-9-3-2-4-15-9/h7,9,12H,2-6H2,1H3. The highest BCUT2D eigenvalue weighted by Crippen LogP contribution is 2.14. The molecule has 0 radical (unpaired) electrons. The average molecular weight is 260 g/mol. The molecule has 0 spiro atoms. The molecule has 0 aromatic carbocycles. The highest BCUT2D eigenvalue weighted by Gasteiger charge is 2.23. The van der Waals surface area contributed by atoms with Crippen molar-refractivity contribution in [2.75, 3.05) is 12.4 Å². The number of hydrogen-bond acceptors (Lipinski definition) is 5. The van der Waals surface area contributed by atoms with Gasteiger partial charge in [-0.25, -0.2) is 18.1 Å². The lowest BCUT2D eigenvalue weighted by Gasteiger charge is -2.10. The van der Waals surface area contributed by atoms with E-state index in [4.69, 9.17) is 9.15 Å². The van der Waals surface area contributed by atoms with Crippen LogP contribution < -0.4 is 4.72 Å². The summed E-state index contributed by atoms with van der Waals surface area (Å²) in [6, 6.07) is 0. The van der Waals surface area contributed by atoms with Gasteiger partial charge in [-0.2, -0.15) is 0 Å². The summed E-state index contributed by atoms with van der Waals surface area (Å²) in [7, 11) is -3.32. The number of hydrogen-bond donors (Lipinski definition) is 1. The summed E-state index contributed by atoms with van der Waals surface area (Å²) in [6.45, 7) is 2.56. The third-order valence-electron chi connectivity index (χ3n) is 2.73.